The summed E-state index contributed by atoms with van der Waals surface area (Å²) >= 11 is 0. The quantitative estimate of drug-likeness (QED) is 0.741. The largest absolute Gasteiger partial charge is 0.388 e. The van der Waals surface area contributed by atoms with Crippen LogP contribution in [0, 0.1) is 0 Å². The maximum atomic E-state index is 9.96. The van der Waals surface area contributed by atoms with Crippen LogP contribution >= 0.6 is 0 Å². The van der Waals surface area contributed by atoms with Crippen molar-refractivity contribution in [2.24, 2.45) is 0 Å². The molecule has 1 atom stereocenters. The SMILES string of the molecule is CN(C)C(c1ccc[nH]1)C(C)(C)O. The molecule has 1 unspecified atom stereocenters. The third-order valence-corrected chi connectivity index (χ3v) is 2.10. The highest BCUT2D eigenvalue weighted by atomic mass is 16.3. The maximum absolute atomic E-state index is 9.96. The average molecular weight is 182 g/mol. The molecule has 3 heteroatoms. The van der Waals surface area contributed by atoms with E-state index in [4.69, 9.17) is 0 Å². The second kappa shape index (κ2) is 3.52. The molecule has 13 heavy (non-hydrogen) atoms. The molecule has 0 aliphatic carbocycles. The van der Waals surface area contributed by atoms with Gasteiger partial charge in [0.1, 0.15) is 0 Å². The Morgan fingerprint density at radius 3 is 2.38 bits per heavy atom. The Labute approximate surface area is 79.4 Å². The van der Waals surface area contributed by atoms with E-state index in [0.29, 0.717) is 0 Å². The van der Waals surface area contributed by atoms with E-state index in [0.717, 1.165) is 5.69 Å². The van der Waals surface area contributed by atoms with Gasteiger partial charge in [0.25, 0.3) is 0 Å². The van der Waals surface area contributed by atoms with Crippen LogP contribution in [0.5, 0.6) is 0 Å². The second-order valence-corrected chi connectivity index (χ2v) is 4.15. The molecule has 1 aromatic rings. The van der Waals surface area contributed by atoms with Gasteiger partial charge in [-0.25, -0.2) is 0 Å². The molecule has 0 saturated carbocycles. The van der Waals surface area contributed by atoms with Gasteiger partial charge in [-0.05, 0) is 40.1 Å². The van der Waals surface area contributed by atoms with E-state index in [1.165, 1.54) is 0 Å². The van der Waals surface area contributed by atoms with Crippen LogP contribution < -0.4 is 0 Å². The van der Waals surface area contributed by atoms with Crippen molar-refractivity contribution in [1.82, 2.24) is 9.88 Å². The summed E-state index contributed by atoms with van der Waals surface area (Å²) < 4.78 is 0. The Morgan fingerprint density at radius 2 is 2.08 bits per heavy atom. The van der Waals surface area contributed by atoms with Crippen molar-refractivity contribution in [3.05, 3.63) is 24.0 Å². The second-order valence-electron chi connectivity index (χ2n) is 4.15. The maximum Gasteiger partial charge on any atom is 0.0802 e. The van der Waals surface area contributed by atoms with Crippen LogP contribution in [0.25, 0.3) is 0 Å². The first-order chi connectivity index (χ1) is 5.93. The Hall–Kier alpha value is -0.800. The summed E-state index contributed by atoms with van der Waals surface area (Å²) in [7, 11) is 3.92. The minimum absolute atomic E-state index is 0.00231. The van der Waals surface area contributed by atoms with Crippen molar-refractivity contribution in [3.8, 4) is 0 Å². The molecule has 0 aliphatic rings. The van der Waals surface area contributed by atoms with Gasteiger partial charge in [0.2, 0.25) is 0 Å². The summed E-state index contributed by atoms with van der Waals surface area (Å²) in [6.45, 7) is 3.64. The normalized spacial score (nSPS) is 14.9. The van der Waals surface area contributed by atoms with Crippen LogP contribution in [0.1, 0.15) is 25.6 Å². The molecule has 0 spiro atoms. The lowest BCUT2D eigenvalue weighted by Gasteiger charge is -2.33. The minimum atomic E-state index is -0.742. The number of hydrogen-bond donors (Lipinski definition) is 2. The van der Waals surface area contributed by atoms with Crippen molar-refractivity contribution in [2.75, 3.05) is 14.1 Å². The van der Waals surface area contributed by atoms with Crippen LogP contribution in [0.3, 0.4) is 0 Å². The van der Waals surface area contributed by atoms with E-state index in [1.807, 2.05) is 51.2 Å². The first kappa shape index (κ1) is 10.3. The lowest BCUT2D eigenvalue weighted by atomic mass is 9.95. The molecule has 0 bridgehead atoms. The van der Waals surface area contributed by atoms with Gasteiger partial charge in [-0.15, -0.1) is 0 Å². The number of nitrogens with zero attached hydrogens (tertiary/aromatic N) is 1. The van der Waals surface area contributed by atoms with Crippen molar-refractivity contribution in [1.29, 1.82) is 0 Å². The zero-order valence-corrected chi connectivity index (χ0v) is 8.70. The molecule has 0 saturated heterocycles. The fourth-order valence-electron chi connectivity index (χ4n) is 1.80. The molecule has 74 valence electrons. The molecule has 0 aromatic carbocycles. The predicted octanol–water partition coefficient (Wildman–Crippen LogP) is 1.39. The highest BCUT2D eigenvalue weighted by Crippen LogP contribution is 2.28. The number of aromatic nitrogens is 1. The topological polar surface area (TPSA) is 39.3 Å². The summed E-state index contributed by atoms with van der Waals surface area (Å²) in [5.41, 5.74) is 0.298. The highest BCUT2D eigenvalue weighted by molar-refractivity contribution is 5.12. The molecule has 1 rings (SSSR count). The van der Waals surface area contributed by atoms with Gasteiger partial charge in [0.15, 0.2) is 0 Å². The predicted molar refractivity (Wildman–Crippen MR) is 53.5 cm³/mol. The molecular weight excluding hydrogens is 164 g/mol. The van der Waals surface area contributed by atoms with Crippen molar-refractivity contribution >= 4 is 0 Å². The zero-order valence-electron chi connectivity index (χ0n) is 8.70. The molecule has 1 aromatic heterocycles. The van der Waals surface area contributed by atoms with Gasteiger partial charge in [-0.3, -0.25) is 4.90 Å². The smallest absolute Gasteiger partial charge is 0.0802 e. The molecule has 0 aliphatic heterocycles. The summed E-state index contributed by atoms with van der Waals surface area (Å²) in [4.78, 5) is 5.13. The Balaban J connectivity index is 2.94. The van der Waals surface area contributed by atoms with E-state index in [-0.39, 0.29) is 6.04 Å². The average Bonchev–Trinajstić information content (AvgIpc) is 2.34. The number of aromatic amines is 1. The first-order valence-electron chi connectivity index (χ1n) is 4.45. The van der Waals surface area contributed by atoms with E-state index in [1.54, 1.807) is 0 Å². The van der Waals surface area contributed by atoms with Crippen LogP contribution in [0.4, 0.5) is 0 Å². The summed E-state index contributed by atoms with van der Waals surface area (Å²) in [5.74, 6) is 0. The van der Waals surface area contributed by atoms with Crippen LogP contribution in [0.15, 0.2) is 18.3 Å². The molecule has 3 nitrogen and oxygen atoms in total. The van der Waals surface area contributed by atoms with Crippen molar-refractivity contribution < 1.29 is 5.11 Å². The third kappa shape index (κ3) is 2.32. The Bertz CT molecular complexity index is 246. The fourth-order valence-corrected chi connectivity index (χ4v) is 1.80. The van der Waals surface area contributed by atoms with Crippen molar-refractivity contribution in [3.63, 3.8) is 0 Å². The van der Waals surface area contributed by atoms with Crippen molar-refractivity contribution in [2.45, 2.75) is 25.5 Å². The van der Waals surface area contributed by atoms with Crippen LogP contribution in [-0.2, 0) is 0 Å². The van der Waals surface area contributed by atoms with Crippen LogP contribution in [-0.4, -0.2) is 34.7 Å². The van der Waals surface area contributed by atoms with Gasteiger partial charge in [-0.2, -0.15) is 0 Å². The van der Waals surface area contributed by atoms with Gasteiger partial charge in [0, 0.05) is 11.9 Å². The summed E-state index contributed by atoms with van der Waals surface area (Å²) in [6.07, 6.45) is 1.87. The number of aliphatic hydroxyl groups is 1. The van der Waals surface area contributed by atoms with E-state index in [2.05, 4.69) is 4.98 Å². The summed E-state index contributed by atoms with van der Waals surface area (Å²) in [5, 5.41) is 9.96. The van der Waals surface area contributed by atoms with Gasteiger partial charge < -0.3 is 10.1 Å². The molecule has 2 N–H and O–H groups in total. The molecule has 0 radical (unpaired) electrons. The lowest BCUT2D eigenvalue weighted by molar-refractivity contribution is -0.00475. The monoisotopic (exact) mass is 182 g/mol. The van der Waals surface area contributed by atoms with Gasteiger partial charge in [-0.1, -0.05) is 0 Å². The van der Waals surface area contributed by atoms with E-state index >= 15 is 0 Å². The standard InChI is InChI=1S/C10H18N2O/c1-10(2,13)9(12(3)4)8-6-5-7-11-8/h5-7,9,11,13H,1-4H3. The van der Waals surface area contributed by atoms with E-state index < -0.39 is 5.60 Å². The zero-order chi connectivity index (χ0) is 10.1. The molecular formula is C10H18N2O. The Kier molecular flexibility index (Phi) is 2.78. The number of H-pyrrole nitrogens is 1. The molecule has 0 fully saturated rings. The van der Waals surface area contributed by atoms with Gasteiger partial charge >= 0.3 is 0 Å². The number of likely N-dealkylation sites (N-methyl/N-ethyl adjacent to an activating group) is 1. The number of hydrogen-bond acceptors (Lipinski definition) is 2. The third-order valence-electron chi connectivity index (χ3n) is 2.10. The summed E-state index contributed by atoms with van der Waals surface area (Å²) in [6, 6.07) is 3.93. The number of rotatable bonds is 3. The molecule has 1 heterocycles. The Morgan fingerprint density at radius 1 is 1.46 bits per heavy atom. The van der Waals surface area contributed by atoms with E-state index in [9.17, 15) is 5.11 Å². The lowest BCUT2D eigenvalue weighted by Crippen LogP contribution is -2.38. The first-order valence-corrected chi connectivity index (χ1v) is 4.45. The molecule has 0 amide bonds. The number of nitrogens with one attached hydrogen (secondary N) is 1. The van der Waals surface area contributed by atoms with Gasteiger partial charge in [0.05, 0.1) is 11.6 Å². The van der Waals surface area contributed by atoms with Crippen LogP contribution in [0.2, 0.25) is 0 Å². The minimum Gasteiger partial charge on any atom is -0.388 e. The highest BCUT2D eigenvalue weighted by Gasteiger charge is 2.30. The fraction of sp³-hybridized carbons (Fsp3) is 0.600.